The van der Waals surface area contributed by atoms with Crippen LogP contribution in [0.1, 0.15) is 34.8 Å². The molecule has 1 saturated heterocycles. The molecule has 2 heterocycles. The smallest absolute Gasteiger partial charge is 0.259 e. The summed E-state index contributed by atoms with van der Waals surface area (Å²) in [7, 11) is 1.49. The van der Waals surface area contributed by atoms with Crippen LogP contribution < -0.4 is 4.74 Å². The molecule has 1 fully saturated rings. The lowest BCUT2D eigenvalue weighted by Gasteiger charge is -2.32. The average molecular weight is 438 g/mol. The SMILES string of the molecule is COc1c(Cl)ccc(Cl)c1C(=O)N1CCC(c2cc3cc(Cl)ccc3[nH]2)CC1. The number of ether oxygens (including phenoxy) is 1. The molecule has 4 nitrogen and oxygen atoms in total. The van der Waals surface area contributed by atoms with Gasteiger partial charge in [-0.05, 0) is 49.2 Å². The number of likely N-dealkylation sites (tertiary alicyclic amines) is 1. The Hall–Kier alpha value is -1.88. The lowest BCUT2D eigenvalue weighted by Crippen LogP contribution is -2.38. The summed E-state index contributed by atoms with van der Waals surface area (Å²) in [6.45, 7) is 1.29. The van der Waals surface area contributed by atoms with Gasteiger partial charge in [0.05, 0.1) is 17.2 Å². The Bertz CT molecular complexity index is 1040. The number of H-pyrrole nitrogens is 1. The first-order chi connectivity index (χ1) is 13.5. The normalized spacial score (nSPS) is 15.2. The van der Waals surface area contributed by atoms with Crippen LogP contribution in [0.4, 0.5) is 0 Å². The van der Waals surface area contributed by atoms with Crippen molar-refractivity contribution >= 4 is 51.6 Å². The number of carbonyl (C=O) groups excluding carboxylic acids is 1. The summed E-state index contributed by atoms with van der Waals surface area (Å²) in [6, 6.07) is 11.2. The maximum Gasteiger partial charge on any atom is 0.259 e. The van der Waals surface area contributed by atoms with Crippen LogP contribution in [-0.4, -0.2) is 36.0 Å². The van der Waals surface area contributed by atoms with Gasteiger partial charge in [0, 0.05) is 40.6 Å². The summed E-state index contributed by atoms with van der Waals surface area (Å²) in [5.74, 6) is 0.548. The number of halogens is 3. The lowest BCUT2D eigenvalue weighted by molar-refractivity contribution is 0.0709. The number of benzene rings is 2. The van der Waals surface area contributed by atoms with E-state index in [1.807, 2.05) is 23.1 Å². The van der Waals surface area contributed by atoms with Crippen LogP contribution in [0.3, 0.4) is 0 Å². The fraction of sp³-hybridized carbons (Fsp3) is 0.286. The number of hydrogen-bond donors (Lipinski definition) is 1. The maximum atomic E-state index is 13.1. The molecule has 28 heavy (non-hydrogen) atoms. The number of fused-ring (bicyclic) bond motifs is 1. The Morgan fingerprint density at radius 2 is 1.79 bits per heavy atom. The number of piperidine rings is 1. The van der Waals surface area contributed by atoms with Gasteiger partial charge in [-0.15, -0.1) is 0 Å². The van der Waals surface area contributed by atoms with E-state index in [1.165, 1.54) is 12.8 Å². The van der Waals surface area contributed by atoms with E-state index in [0.29, 0.717) is 40.4 Å². The number of carbonyl (C=O) groups is 1. The molecule has 146 valence electrons. The molecule has 3 aromatic rings. The highest BCUT2D eigenvalue weighted by molar-refractivity contribution is 6.37. The zero-order chi connectivity index (χ0) is 19.8. The fourth-order valence-electron chi connectivity index (χ4n) is 3.83. The molecule has 4 rings (SSSR count). The number of aromatic amines is 1. The van der Waals surface area contributed by atoms with Gasteiger partial charge in [0.1, 0.15) is 5.56 Å². The highest BCUT2D eigenvalue weighted by Crippen LogP contribution is 2.36. The van der Waals surface area contributed by atoms with Crippen LogP contribution in [0, 0.1) is 0 Å². The highest BCUT2D eigenvalue weighted by atomic mass is 35.5. The van der Waals surface area contributed by atoms with E-state index in [1.54, 1.807) is 12.1 Å². The molecule has 1 N–H and O–H groups in total. The Labute approximate surface area is 178 Å². The molecule has 1 amide bonds. The van der Waals surface area contributed by atoms with Crippen molar-refractivity contribution in [2.45, 2.75) is 18.8 Å². The second-order valence-electron chi connectivity index (χ2n) is 6.96. The number of rotatable bonds is 3. The predicted octanol–water partition coefficient (Wildman–Crippen LogP) is 6.16. The van der Waals surface area contributed by atoms with E-state index in [4.69, 9.17) is 39.5 Å². The Morgan fingerprint density at radius 1 is 1.07 bits per heavy atom. The first-order valence-corrected chi connectivity index (χ1v) is 10.2. The van der Waals surface area contributed by atoms with Crippen molar-refractivity contribution in [1.82, 2.24) is 9.88 Å². The second-order valence-corrected chi connectivity index (χ2v) is 8.21. The fourth-order valence-corrected chi connectivity index (χ4v) is 4.47. The number of aromatic nitrogens is 1. The molecule has 0 aliphatic carbocycles. The quantitative estimate of drug-likeness (QED) is 0.533. The van der Waals surface area contributed by atoms with Crippen LogP contribution in [-0.2, 0) is 0 Å². The summed E-state index contributed by atoms with van der Waals surface area (Å²) >= 11 is 18.5. The molecule has 0 atom stereocenters. The zero-order valence-electron chi connectivity index (χ0n) is 15.3. The Kier molecular flexibility index (Phi) is 5.46. The van der Waals surface area contributed by atoms with Crippen LogP contribution in [0.25, 0.3) is 10.9 Å². The molecule has 1 aromatic heterocycles. The summed E-state index contributed by atoms with van der Waals surface area (Å²) in [5, 5.41) is 2.56. The van der Waals surface area contributed by atoms with Crippen molar-refractivity contribution < 1.29 is 9.53 Å². The van der Waals surface area contributed by atoms with Gasteiger partial charge in [0.15, 0.2) is 5.75 Å². The Balaban J connectivity index is 1.51. The minimum atomic E-state index is -0.147. The first kappa shape index (κ1) is 19.4. The summed E-state index contributed by atoms with van der Waals surface area (Å²) in [5.41, 5.74) is 2.59. The minimum Gasteiger partial charge on any atom is -0.494 e. The number of nitrogens with zero attached hydrogens (tertiary/aromatic N) is 1. The third-order valence-electron chi connectivity index (χ3n) is 5.30. The molecule has 0 bridgehead atoms. The van der Waals surface area contributed by atoms with E-state index < -0.39 is 0 Å². The van der Waals surface area contributed by atoms with E-state index >= 15 is 0 Å². The average Bonchev–Trinajstić information content (AvgIpc) is 3.12. The standard InChI is InChI=1S/C21H19Cl3N2O2/c1-28-20-16(24)4-3-15(23)19(20)21(27)26-8-6-12(7-9-26)18-11-13-10-14(22)2-5-17(13)25-18/h2-5,10-12,25H,6-9H2,1H3. The van der Waals surface area contributed by atoms with Crippen molar-refractivity contribution in [3.05, 3.63) is 62.7 Å². The zero-order valence-corrected chi connectivity index (χ0v) is 17.5. The summed E-state index contributed by atoms with van der Waals surface area (Å²) in [6.07, 6.45) is 1.74. The monoisotopic (exact) mass is 436 g/mol. The maximum absolute atomic E-state index is 13.1. The van der Waals surface area contributed by atoms with Gasteiger partial charge in [-0.3, -0.25) is 4.79 Å². The van der Waals surface area contributed by atoms with E-state index in [9.17, 15) is 4.79 Å². The first-order valence-electron chi connectivity index (χ1n) is 9.07. The van der Waals surface area contributed by atoms with Crippen LogP contribution in [0.2, 0.25) is 15.1 Å². The number of amides is 1. The molecular formula is C21H19Cl3N2O2. The van der Waals surface area contributed by atoms with Gasteiger partial charge in [0.2, 0.25) is 0 Å². The van der Waals surface area contributed by atoms with Crippen LogP contribution in [0.5, 0.6) is 5.75 Å². The molecule has 1 aliphatic rings. The third-order valence-corrected chi connectivity index (χ3v) is 6.15. The van der Waals surface area contributed by atoms with Gasteiger partial charge in [-0.25, -0.2) is 0 Å². The molecule has 1 aliphatic heterocycles. The predicted molar refractivity (Wildman–Crippen MR) is 114 cm³/mol. The van der Waals surface area contributed by atoms with Gasteiger partial charge in [-0.2, -0.15) is 0 Å². The third kappa shape index (κ3) is 3.57. The van der Waals surface area contributed by atoms with E-state index in [2.05, 4.69) is 11.1 Å². The number of nitrogens with one attached hydrogen (secondary N) is 1. The van der Waals surface area contributed by atoms with Crippen molar-refractivity contribution in [2.75, 3.05) is 20.2 Å². The number of methoxy groups -OCH3 is 1. The largest absolute Gasteiger partial charge is 0.494 e. The Morgan fingerprint density at radius 3 is 2.50 bits per heavy atom. The van der Waals surface area contributed by atoms with Crippen LogP contribution >= 0.6 is 34.8 Å². The van der Waals surface area contributed by atoms with Crippen molar-refractivity contribution in [1.29, 1.82) is 0 Å². The van der Waals surface area contributed by atoms with Gasteiger partial charge >= 0.3 is 0 Å². The van der Waals surface area contributed by atoms with Crippen LogP contribution in [0.15, 0.2) is 36.4 Å². The van der Waals surface area contributed by atoms with Gasteiger partial charge < -0.3 is 14.6 Å². The molecule has 2 aromatic carbocycles. The van der Waals surface area contributed by atoms with Crippen molar-refractivity contribution in [3.63, 3.8) is 0 Å². The van der Waals surface area contributed by atoms with Crippen molar-refractivity contribution in [2.24, 2.45) is 0 Å². The molecule has 0 unspecified atom stereocenters. The summed E-state index contributed by atoms with van der Waals surface area (Å²) < 4.78 is 5.32. The molecule has 0 spiro atoms. The van der Waals surface area contributed by atoms with Gasteiger partial charge in [0.25, 0.3) is 5.91 Å². The van der Waals surface area contributed by atoms with Gasteiger partial charge in [-0.1, -0.05) is 34.8 Å². The van der Waals surface area contributed by atoms with E-state index in [0.717, 1.165) is 28.8 Å². The molecular weight excluding hydrogens is 419 g/mol. The topological polar surface area (TPSA) is 45.3 Å². The lowest BCUT2D eigenvalue weighted by atomic mass is 9.93. The molecule has 0 saturated carbocycles. The second kappa shape index (κ2) is 7.86. The number of hydrogen-bond acceptors (Lipinski definition) is 2. The molecule has 0 radical (unpaired) electrons. The highest BCUT2D eigenvalue weighted by Gasteiger charge is 2.29. The van der Waals surface area contributed by atoms with E-state index in [-0.39, 0.29) is 5.91 Å². The minimum absolute atomic E-state index is 0.147. The van der Waals surface area contributed by atoms with Crippen molar-refractivity contribution in [3.8, 4) is 5.75 Å². The molecule has 7 heteroatoms. The summed E-state index contributed by atoms with van der Waals surface area (Å²) in [4.78, 5) is 18.4.